The maximum atomic E-state index is 11.9. The van der Waals surface area contributed by atoms with Gasteiger partial charge in [-0.15, -0.1) is 0 Å². The highest BCUT2D eigenvalue weighted by Gasteiger charge is 2.26. The van der Waals surface area contributed by atoms with Crippen LogP contribution in [0.4, 0.5) is 4.79 Å². The summed E-state index contributed by atoms with van der Waals surface area (Å²) in [6, 6.07) is -0.476. The van der Waals surface area contributed by atoms with E-state index in [1.165, 1.54) is 0 Å². The van der Waals surface area contributed by atoms with Crippen molar-refractivity contribution in [2.75, 3.05) is 26.2 Å². The van der Waals surface area contributed by atoms with E-state index in [9.17, 15) is 14.4 Å². The van der Waals surface area contributed by atoms with Gasteiger partial charge in [-0.05, 0) is 53.1 Å². The number of urea groups is 1. The zero-order valence-corrected chi connectivity index (χ0v) is 14.7. The summed E-state index contributed by atoms with van der Waals surface area (Å²) in [5, 5.41) is 7.94. The molecule has 0 saturated carbocycles. The van der Waals surface area contributed by atoms with Gasteiger partial charge in [0.2, 0.25) is 11.8 Å². The van der Waals surface area contributed by atoms with Crippen LogP contribution in [0.15, 0.2) is 0 Å². The highest BCUT2D eigenvalue weighted by Crippen LogP contribution is 2.16. The topological polar surface area (TPSA) is 90.5 Å². The van der Waals surface area contributed by atoms with Crippen LogP contribution in [0.25, 0.3) is 0 Å². The summed E-state index contributed by atoms with van der Waals surface area (Å²) >= 11 is 0. The number of piperidine rings is 1. The molecule has 0 atom stereocenters. The first-order valence-electron chi connectivity index (χ1n) is 8.33. The lowest BCUT2D eigenvalue weighted by molar-refractivity contribution is -0.126. The molecule has 7 heteroatoms. The van der Waals surface area contributed by atoms with Gasteiger partial charge >= 0.3 is 6.03 Å². The Morgan fingerprint density at radius 1 is 1.13 bits per heavy atom. The van der Waals surface area contributed by atoms with Crippen LogP contribution in [0, 0.1) is 5.92 Å². The van der Waals surface area contributed by atoms with Crippen molar-refractivity contribution in [3.8, 4) is 0 Å². The fourth-order valence-corrected chi connectivity index (χ4v) is 2.49. The van der Waals surface area contributed by atoms with Crippen LogP contribution in [0.3, 0.4) is 0 Å². The van der Waals surface area contributed by atoms with Crippen LogP contribution in [-0.2, 0) is 9.59 Å². The lowest BCUT2D eigenvalue weighted by Crippen LogP contribution is -2.51. The minimum atomic E-state index is -0.476. The van der Waals surface area contributed by atoms with Crippen LogP contribution in [0.5, 0.6) is 0 Å². The summed E-state index contributed by atoms with van der Waals surface area (Å²) in [5.74, 6) is -0.175. The molecule has 23 heavy (non-hydrogen) atoms. The van der Waals surface area contributed by atoms with Gasteiger partial charge in [-0.25, -0.2) is 4.79 Å². The van der Waals surface area contributed by atoms with Gasteiger partial charge in [0.15, 0.2) is 0 Å². The standard InChI is InChI=1S/C16H30N4O3/c1-5-8-17-14(22)12-6-9-20(10-7-12)11-13(21)18-15(23)19-16(2,3)4/h12H,5-11H2,1-4H3,(H,17,22)(H2,18,19,21,23). The molecule has 132 valence electrons. The third-order valence-electron chi connectivity index (χ3n) is 3.62. The van der Waals surface area contributed by atoms with Crippen LogP contribution >= 0.6 is 0 Å². The molecule has 1 aliphatic rings. The van der Waals surface area contributed by atoms with Crippen molar-refractivity contribution in [3.05, 3.63) is 0 Å². The first kappa shape index (κ1) is 19.4. The number of nitrogens with one attached hydrogen (secondary N) is 3. The lowest BCUT2D eigenvalue weighted by atomic mass is 9.96. The molecule has 4 amide bonds. The second-order valence-electron chi connectivity index (χ2n) is 7.09. The van der Waals surface area contributed by atoms with Crippen molar-refractivity contribution in [2.45, 2.75) is 52.5 Å². The highest BCUT2D eigenvalue weighted by atomic mass is 16.2. The third-order valence-corrected chi connectivity index (χ3v) is 3.62. The Hall–Kier alpha value is -1.63. The smallest absolute Gasteiger partial charge is 0.321 e. The van der Waals surface area contributed by atoms with Crippen molar-refractivity contribution in [3.63, 3.8) is 0 Å². The number of hydrogen-bond acceptors (Lipinski definition) is 4. The molecule has 1 heterocycles. The Morgan fingerprint density at radius 2 is 1.74 bits per heavy atom. The number of nitrogens with zero attached hydrogens (tertiary/aromatic N) is 1. The molecular weight excluding hydrogens is 296 g/mol. The molecule has 1 saturated heterocycles. The number of imide groups is 1. The average molecular weight is 326 g/mol. The van der Waals surface area contributed by atoms with Crippen molar-refractivity contribution in [1.29, 1.82) is 0 Å². The van der Waals surface area contributed by atoms with Crippen LogP contribution in [-0.4, -0.2) is 54.5 Å². The van der Waals surface area contributed by atoms with Gasteiger partial charge in [-0.3, -0.25) is 19.8 Å². The van der Waals surface area contributed by atoms with Gasteiger partial charge in [0.25, 0.3) is 0 Å². The molecular formula is C16H30N4O3. The van der Waals surface area contributed by atoms with E-state index < -0.39 is 6.03 Å². The second-order valence-corrected chi connectivity index (χ2v) is 7.09. The maximum absolute atomic E-state index is 11.9. The summed E-state index contributed by atoms with van der Waals surface area (Å²) < 4.78 is 0. The van der Waals surface area contributed by atoms with Gasteiger partial charge in [-0.2, -0.15) is 0 Å². The predicted molar refractivity (Wildman–Crippen MR) is 88.9 cm³/mol. The van der Waals surface area contributed by atoms with Gasteiger partial charge < -0.3 is 10.6 Å². The molecule has 7 nitrogen and oxygen atoms in total. The Balaban J connectivity index is 2.28. The van der Waals surface area contributed by atoms with E-state index in [2.05, 4.69) is 16.0 Å². The molecule has 0 spiro atoms. The van der Waals surface area contributed by atoms with E-state index in [-0.39, 0.29) is 29.8 Å². The Bertz CT molecular complexity index is 424. The second kappa shape index (κ2) is 8.86. The minimum Gasteiger partial charge on any atom is -0.356 e. The van der Waals surface area contributed by atoms with E-state index in [1.807, 2.05) is 32.6 Å². The first-order valence-corrected chi connectivity index (χ1v) is 8.33. The fourth-order valence-electron chi connectivity index (χ4n) is 2.49. The molecule has 0 bridgehead atoms. The van der Waals surface area contributed by atoms with Crippen LogP contribution in [0.1, 0.15) is 47.0 Å². The van der Waals surface area contributed by atoms with Crippen LogP contribution in [0.2, 0.25) is 0 Å². The van der Waals surface area contributed by atoms with E-state index in [4.69, 9.17) is 0 Å². The Kier molecular flexibility index (Phi) is 7.48. The molecule has 0 unspecified atom stereocenters. The molecule has 1 aliphatic heterocycles. The van der Waals surface area contributed by atoms with Gasteiger partial charge in [0, 0.05) is 18.0 Å². The van der Waals surface area contributed by atoms with E-state index in [0.29, 0.717) is 19.6 Å². The summed E-state index contributed by atoms with van der Waals surface area (Å²) in [6.45, 7) is 9.86. The Morgan fingerprint density at radius 3 is 2.26 bits per heavy atom. The van der Waals surface area contributed by atoms with E-state index >= 15 is 0 Å². The molecule has 0 aromatic rings. The van der Waals surface area contributed by atoms with E-state index in [1.54, 1.807) is 0 Å². The molecule has 0 aliphatic carbocycles. The normalized spacial score (nSPS) is 16.7. The maximum Gasteiger partial charge on any atom is 0.321 e. The van der Waals surface area contributed by atoms with Crippen molar-refractivity contribution >= 4 is 17.8 Å². The number of hydrogen-bond donors (Lipinski definition) is 3. The van der Waals surface area contributed by atoms with E-state index in [0.717, 1.165) is 19.3 Å². The fraction of sp³-hybridized carbons (Fsp3) is 0.812. The van der Waals surface area contributed by atoms with Crippen LogP contribution < -0.4 is 16.0 Å². The SMILES string of the molecule is CCCNC(=O)C1CCN(CC(=O)NC(=O)NC(C)(C)C)CC1. The summed E-state index contributed by atoms with van der Waals surface area (Å²) in [6.07, 6.45) is 2.43. The number of carbonyl (C=O) groups is 3. The molecule has 0 aromatic heterocycles. The van der Waals surface area contributed by atoms with Gasteiger partial charge in [0.1, 0.15) is 0 Å². The minimum absolute atomic E-state index is 0.0325. The molecule has 0 aromatic carbocycles. The van der Waals surface area contributed by atoms with Crippen molar-refractivity contribution in [2.24, 2.45) is 5.92 Å². The number of carbonyl (C=O) groups excluding carboxylic acids is 3. The number of rotatable bonds is 5. The first-order chi connectivity index (χ1) is 10.7. The summed E-state index contributed by atoms with van der Waals surface area (Å²) in [4.78, 5) is 37.4. The molecule has 1 rings (SSSR count). The van der Waals surface area contributed by atoms with Gasteiger partial charge in [0.05, 0.1) is 6.54 Å². The van der Waals surface area contributed by atoms with Crippen molar-refractivity contribution < 1.29 is 14.4 Å². The highest BCUT2D eigenvalue weighted by molar-refractivity contribution is 5.95. The number of amides is 4. The van der Waals surface area contributed by atoms with Crippen molar-refractivity contribution in [1.82, 2.24) is 20.9 Å². The summed E-state index contributed by atoms with van der Waals surface area (Å²) in [5.41, 5.74) is -0.380. The van der Waals surface area contributed by atoms with Gasteiger partial charge in [-0.1, -0.05) is 6.92 Å². The largest absolute Gasteiger partial charge is 0.356 e. The average Bonchev–Trinajstić information content (AvgIpc) is 2.43. The molecule has 3 N–H and O–H groups in total. The monoisotopic (exact) mass is 326 g/mol. The molecule has 1 fully saturated rings. The number of likely N-dealkylation sites (tertiary alicyclic amines) is 1. The Labute approximate surface area is 138 Å². The summed E-state index contributed by atoms with van der Waals surface area (Å²) in [7, 11) is 0. The molecule has 0 radical (unpaired) electrons. The zero-order chi connectivity index (χ0) is 17.5. The zero-order valence-electron chi connectivity index (χ0n) is 14.7. The lowest BCUT2D eigenvalue weighted by Gasteiger charge is -2.30. The quantitative estimate of drug-likeness (QED) is 0.698. The third kappa shape index (κ3) is 7.97. The predicted octanol–water partition coefficient (Wildman–Crippen LogP) is 0.849.